The van der Waals surface area contributed by atoms with Gasteiger partial charge in [-0.2, -0.15) is 5.10 Å². The molecular weight excluding hydrogens is 426 g/mol. The molecular formula is C20H25N3O5S2. The predicted molar refractivity (Wildman–Crippen MR) is 114 cm³/mol. The third-order valence-electron chi connectivity index (χ3n) is 5.93. The lowest BCUT2D eigenvalue weighted by Gasteiger charge is -2.22. The smallest absolute Gasteiger partial charge is 0.274 e. The number of aromatic nitrogens is 2. The molecule has 0 saturated carbocycles. The van der Waals surface area contributed by atoms with E-state index in [-0.39, 0.29) is 46.7 Å². The number of hydrogen-bond donors (Lipinski definition) is 0. The van der Waals surface area contributed by atoms with Gasteiger partial charge in [-0.3, -0.25) is 9.48 Å². The van der Waals surface area contributed by atoms with Crippen LogP contribution < -0.4 is 0 Å². The number of sulfone groups is 2. The van der Waals surface area contributed by atoms with Gasteiger partial charge >= 0.3 is 0 Å². The molecule has 162 valence electrons. The average molecular weight is 452 g/mol. The molecule has 1 aromatic carbocycles. The molecule has 30 heavy (non-hydrogen) atoms. The number of carbonyl (C=O) groups is 1. The Labute approximate surface area is 176 Å². The minimum Gasteiger partial charge on any atom is -0.336 e. The molecule has 0 unspecified atom stereocenters. The summed E-state index contributed by atoms with van der Waals surface area (Å²) in [5.41, 5.74) is 2.82. The molecule has 0 aliphatic carbocycles. The van der Waals surface area contributed by atoms with Crippen molar-refractivity contribution in [1.82, 2.24) is 14.7 Å². The van der Waals surface area contributed by atoms with E-state index >= 15 is 0 Å². The molecule has 2 aliphatic heterocycles. The Balaban J connectivity index is 1.70. The molecule has 1 amide bonds. The summed E-state index contributed by atoms with van der Waals surface area (Å²) in [4.78, 5) is 14.5. The monoisotopic (exact) mass is 451 g/mol. The van der Waals surface area contributed by atoms with Crippen molar-refractivity contribution in [1.29, 1.82) is 0 Å². The van der Waals surface area contributed by atoms with Crippen LogP contribution in [0.1, 0.15) is 34.9 Å². The second-order valence-electron chi connectivity index (χ2n) is 8.26. The van der Waals surface area contributed by atoms with Crippen molar-refractivity contribution in [2.45, 2.75) is 31.8 Å². The fourth-order valence-corrected chi connectivity index (χ4v) is 7.58. The molecule has 2 aliphatic rings. The van der Waals surface area contributed by atoms with Gasteiger partial charge in [0.15, 0.2) is 25.4 Å². The average Bonchev–Trinajstić information content (AvgIpc) is 3.37. The van der Waals surface area contributed by atoms with Crippen LogP contribution in [0, 0.1) is 6.92 Å². The molecule has 0 radical (unpaired) electrons. The van der Waals surface area contributed by atoms with Crippen LogP contribution in [0.4, 0.5) is 0 Å². The van der Waals surface area contributed by atoms with E-state index < -0.39 is 19.7 Å². The quantitative estimate of drug-likeness (QED) is 0.697. The van der Waals surface area contributed by atoms with E-state index in [9.17, 15) is 21.6 Å². The van der Waals surface area contributed by atoms with Gasteiger partial charge in [-0.15, -0.1) is 0 Å². The van der Waals surface area contributed by atoms with Crippen LogP contribution in [0.5, 0.6) is 0 Å². The molecule has 2 aromatic rings. The van der Waals surface area contributed by atoms with Crippen LogP contribution in [0.15, 0.2) is 30.3 Å². The summed E-state index contributed by atoms with van der Waals surface area (Å²) in [7, 11) is -4.65. The first-order valence-electron chi connectivity index (χ1n) is 9.89. The molecule has 2 atom stereocenters. The number of nitrogens with zero attached hydrogens (tertiary/aromatic N) is 3. The van der Waals surface area contributed by atoms with Gasteiger partial charge in [-0.1, -0.05) is 29.8 Å². The topological polar surface area (TPSA) is 106 Å². The number of aryl methyl sites for hydroxylation is 1. The SMILES string of the molecule is Cc1ccc(-c2cc(C(=O)N(C)[C@H]3CCS(=O)(=O)C3)nn2[C@H]2CCS(=O)(=O)C2)cc1. The van der Waals surface area contributed by atoms with Crippen molar-refractivity contribution < 1.29 is 21.6 Å². The van der Waals surface area contributed by atoms with E-state index in [1.54, 1.807) is 17.8 Å². The van der Waals surface area contributed by atoms with Crippen molar-refractivity contribution >= 4 is 25.6 Å². The van der Waals surface area contributed by atoms with Gasteiger partial charge in [0.1, 0.15) is 0 Å². The van der Waals surface area contributed by atoms with Gasteiger partial charge in [-0.25, -0.2) is 16.8 Å². The van der Waals surface area contributed by atoms with E-state index in [0.717, 1.165) is 11.1 Å². The summed E-state index contributed by atoms with van der Waals surface area (Å²) in [5, 5.41) is 4.50. The lowest BCUT2D eigenvalue weighted by atomic mass is 10.1. The molecule has 0 N–H and O–H groups in total. The Morgan fingerprint density at radius 2 is 1.67 bits per heavy atom. The second-order valence-corrected chi connectivity index (χ2v) is 12.7. The van der Waals surface area contributed by atoms with E-state index in [1.165, 1.54) is 4.90 Å². The Hall–Kier alpha value is -2.20. The van der Waals surface area contributed by atoms with Crippen molar-refractivity contribution in [3.63, 3.8) is 0 Å². The van der Waals surface area contributed by atoms with E-state index in [4.69, 9.17) is 0 Å². The number of amides is 1. The maximum absolute atomic E-state index is 13.1. The summed E-state index contributed by atoms with van der Waals surface area (Å²) >= 11 is 0. The van der Waals surface area contributed by atoms with Crippen molar-refractivity contribution in [3.05, 3.63) is 41.6 Å². The zero-order valence-electron chi connectivity index (χ0n) is 17.0. The molecule has 0 bridgehead atoms. The largest absolute Gasteiger partial charge is 0.336 e. The maximum atomic E-state index is 13.1. The Kier molecular flexibility index (Phi) is 5.26. The van der Waals surface area contributed by atoms with Crippen molar-refractivity contribution in [2.75, 3.05) is 30.1 Å². The summed E-state index contributed by atoms with van der Waals surface area (Å²) in [5.74, 6) is -0.212. The third-order valence-corrected chi connectivity index (χ3v) is 9.43. The van der Waals surface area contributed by atoms with Crippen LogP contribution >= 0.6 is 0 Å². The summed E-state index contributed by atoms with van der Waals surface area (Å²) in [6.07, 6.45) is 0.865. The molecule has 1 aromatic heterocycles. The Morgan fingerprint density at radius 3 is 2.23 bits per heavy atom. The molecule has 4 rings (SSSR count). The first-order chi connectivity index (χ1) is 14.0. The summed E-state index contributed by atoms with van der Waals surface area (Å²) in [6.45, 7) is 1.98. The van der Waals surface area contributed by atoms with E-state index in [0.29, 0.717) is 18.5 Å². The summed E-state index contributed by atoms with van der Waals surface area (Å²) in [6, 6.07) is 8.73. The van der Waals surface area contributed by atoms with Gasteiger partial charge in [-0.05, 0) is 31.4 Å². The number of carbonyl (C=O) groups excluding carboxylic acids is 1. The molecule has 8 nitrogen and oxygen atoms in total. The van der Waals surface area contributed by atoms with Gasteiger partial charge < -0.3 is 4.90 Å². The highest BCUT2D eigenvalue weighted by Gasteiger charge is 2.35. The maximum Gasteiger partial charge on any atom is 0.274 e. The predicted octanol–water partition coefficient (Wildman–Crippen LogP) is 1.48. The van der Waals surface area contributed by atoms with Crippen LogP contribution in [-0.2, 0) is 19.7 Å². The molecule has 2 fully saturated rings. The normalized spacial score (nSPS) is 24.7. The summed E-state index contributed by atoms with van der Waals surface area (Å²) < 4.78 is 49.3. The van der Waals surface area contributed by atoms with Crippen LogP contribution in [0.2, 0.25) is 0 Å². The lowest BCUT2D eigenvalue weighted by molar-refractivity contribution is 0.0740. The highest BCUT2D eigenvalue weighted by atomic mass is 32.2. The van der Waals surface area contributed by atoms with Gasteiger partial charge in [0.2, 0.25) is 0 Å². The zero-order chi connectivity index (χ0) is 21.7. The minimum absolute atomic E-state index is 0.00210. The standard InChI is InChI=1S/C20H25N3O5S2/c1-14-3-5-15(6-4-14)19-11-18(21-23(19)17-8-10-30(27,28)13-17)20(24)22(2)16-7-9-29(25,26)12-16/h3-6,11,16-17H,7-10,12-13H2,1-2H3/t16-,17-/m0/s1. The van der Waals surface area contributed by atoms with Crippen molar-refractivity contribution in [2.24, 2.45) is 0 Å². The first-order valence-corrected chi connectivity index (χ1v) is 13.5. The molecule has 2 saturated heterocycles. The minimum atomic E-state index is -3.13. The van der Waals surface area contributed by atoms with Gasteiger partial charge in [0.05, 0.1) is 34.7 Å². The first kappa shape index (κ1) is 21.0. The molecule has 3 heterocycles. The van der Waals surface area contributed by atoms with E-state index in [2.05, 4.69) is 5.10 Å². The molecule has 10 heteroatoms. The van der Waals surface area contributed by atoms with Gasteiger partial charge in [0, 0.05) is 13.1 Å². The molecule has 0 spiro atoms. The van der Waals surface area contributed by atoms with E-state index in [1.807, 2.05) is 31.2 Å². The highest BCUT2D eigenvalue weighted by Crippen LogP contribution is 2.31. The van der Waals surface area contributed by atoms with Crippen LogP contribution in [0.3, 0.4) is 0 Å². The third kappa shape index (κ3) is 4.15. The van der Waals surface area contributed by atoms with Crippen LogP contribution in [0.25, 0.3) is 11.3 Å². The number of benzene rings is 1. The lowest BCUT2D eigenvalue weighted by Crippen LogP contribution is -2.38. The second kappa shape index (κ2) is 7.49. The fourth-order valence-electron chi connectivity index (χ4n) is 4.11. The van der Waals surface area contributed by atoms with Gasteiger partial charge in [0.25, 0.3) is 5.91 Å². The number of hydrogen-bond acceptors (Lipinski definition) is 6. The highest BCUT2D eigenvalue weighted by molar-refractivity contribution is 7.91. The fraction of sp³-hybridized carbons (Fsp3) is 0.500. The van der Waals surface area contributed by atoms with Crippen LogP contribution in [-0.4, -0.2) is 73.5 Å². The number of rotatable bonds is 4. The van der Waals surface area contributed by atoms with Crippen molar-refractivity contribution in [3.8, 4) is 11.3 Å². The Morgan fingerprint density at radius 1 is 1.03 bits per heavy atom. The zero-order valence-corrected chi connectivity index (χ0v) is 18.6. The Bertz CT molecular complexity index is 1180.